The number of hydrogen-bond donors (Lipinski definition) is 3. The van der Waals surface area contributed by atoms with Crippen LogP contribution in [0.3, 0.4) is 0 Å². The summed E-state index contributed by atoms with van der Waals surface area (Å²) in [6.07, 6.45) is 0.739. The Kier molecular flexibility index (Phi) is 5.65. The van der Waals surface area contributed by atoms with Gasteiger partial charge in [0.1, 0.15) is 0 Å². The number of aliphatic carboxylic acids is 1. The summed E-state index contributed by atoms with van der Waals surface area (Å²) in [5.74, 6) is -0.534. The van der Waals surface area contributed by atoms with E-state index in [4.69, 9.17) is 5.11 Å². The van der Waals surface area contributed by atoms with E-state index in [0.717, 1.165) is 21.8 Å². The molecule has 1 fully saturated rings. The number of nitrogens with one attached hydrogen (secondary N) is 2. The van der Waals surface area contributed by atoms with Gasteiger partial charge in [0.15, 0.2) is 0 Å². The first-order valence-corrected chi connectivity index (χ1v) is 7.81. The molecule has 1 aliphatic heterocycles. The van der Waals surface area contributed by atoms with Crippen LogP contribution in [0, 0.1) is 0 Å². The van der Waals surface area contributed by atoms with Gasteiger partial charge in [-0.3, -0.25) is 4.79 Å². The number of amides is 4. The molecule has 4 amide bonds. The van der Waals surface area contributed by atoms with Crippen molar-refractivity contribution in [3.05, 3.63) is 29.8 Å². The third-order valence-electron chi connectivity index (χ3n) is 3.07. The van der Waals surface area contributed by atoms with Gasteiger partial charge >= 0.3 is 18.0 Å². The molecule has 1 heterocycles. The lowest BCUT2D eigenvalue weighted by Gasteiger charge is -2.25. The Hall–Kier alpha value is -2.22. The fourth-order valence-corrected chi connectivity index (χ4v) is 2.67. The number of carboxylic acids is 1. The highest BCUT2D eigenvalue weighted by atomic mass is 32.2. The monoisotopic (exact) mass is 323 g/mol. The molecule has 0 radical (unpaired) electrons. The Morgan fingerprint density at radius 2 is 2.05 bits per heavy atom. The first kappa shape index (κ1) is 16.2. The highest BCUT2D eigenvalue weighted by Crippen LogP contribution is 2.17. The van der Waals surface area contributed by atoms with Crippen LogP contribution in [0.4, 0.5) is 9.59 Å². The fraction of sp³-hybridized carbons (Fsp3) is 0.357. The summed E-state index contributed by atoms with van der Waals surface area (Å²) in [6, 6.07) is 6.33. The van der Waals surface area contributed by atoms with Gasteiger partial charge in [0, 0.05) is 18.0 Å². The second-order valence-electron chi connectivity index (χ2n) is 4.72. The molecule has 0 aromatic heterocycles. The van der Waals surface area contributed by atoms with E-state index in [1.54, 1.807) is 12.1 Å². The Labute approximate surface area is 132 Å². The minimum atomic E-state index is -0.868. The zero-order valence-corrected chi connectivity index (χ0v) is 12.7. The maximum atomic E-state index is 11.8. The van der Waals surface area contributed by atoms with E-state index >= 15 is 0 Å². The fourth-order valence-electron chi connectivity index (χ4n) is 1.98. The van der Waals surface area contributed by atoms with E-state index in [1.807, 2.05) is 12.1 Å². The SMILES string of the molecule is O=C(O)Cc1ccc(SCNC(=O)N2CCCNC2=O)cc1. The van der Waals surface area contributed by atoms with Crippen LogP contribution in [0.25, 0.3) is 0 Å². The third kappa shape index (κ3) is 4.66. The van der Waals surface area contributed by atoms with Gasteiger partial charge < -0.3 is 15.7 Å². The lowest BCUT2D eigenvalue weighted by atomic mass is 10.2. The summed E-state index contributed by atoms with van der Waals surface area (Å²) in [5.41, 5.74) is 0.728. The van der Waals surface area contributed by atoms with E-state index in [0.29, 0.717) is 19.0 Å². The number of nitrogens with zero attached hydrogens (tertiary/aromatic N) is 1. The number of benzene rings is 1. The van der Waals surface area contributed by atoms with Crippen LogP contribution in [0.1, 0.15) is 12.0 Å². The highest BCUT2D eigenvalue weighted by molar-refractivity contribution is 7.99. The number of hydrogen-bond acceptors (Lipinski definition) is 4. The molecule has 1 aliphatic rings. The molecular formula is C14H17N3O4S. The molecule has 22 heavy (non-hydrogen) atoms. The maximum absolute atomic E-state index is 11.8. The molecule has 1 saturated heterocycles. The quantitative estimate of drug-likeness (QED) is 0.563. The van der Waals surface area contributed by atoms with Crippen LogP contribution >= 0.6 is 11.8 Å². The van der Waals surface area contributed by atoms with Crippen molar-refractivity contribution in [3.8, 4) is 0 Å². The van der Waals surface area contributed by atoms with E-state index in [1.165, 1.54) is 11.8 Å². The summed E-state index contributed by atoms with van der Waals surface area (Å²) in [7, 11) is 0. The van der Waals surface area contributed by atoms with E-state index in [2.05, 4.69) is 10.6 Å². The van der Waals surface area contributed by atoms with Gasteiger partial charge in [0.2, 0.25) is 0 Å². The predicted molar refractivity (Wildman–Crippen MR) is 81.8 cm³/mol. The van der Waals surface area contributed by atoms with Crippen molar-refractivity contribution in [2.24, 2.45) is 0 Å². The minimum Gasteiger partial charge on any atom is -0.481 e. The minimum absolute atomic E-state index is 0.00818. The number of carbonyl (C=O) groups is 3. The Morgan fingerprint density at radius 1 is 1.32 bits per heavy atom. The van der Waals surface area contributed by atoms with Crippen molar-refractivity contribution in [1.29, 1.82) is 0 Å². The van der Waals surface area contributed by atoms with Crippen LogP contribution in [-0.4, -0.2) is 47.0 Å². The second-order valence-corrected chi connectivity index (χ2v) is 5.77. The molecule has 2 rings (SSSR count). The average Bonchev–Trinajstić information content (AvgIpc) is 2.49. The highest BCUT2D eigenvalue weighted by Gasteiger charge is 2.23. The Balaban J connectivity index is 1.77. The summed E-state index contributed by atoms with van der Waals surface area (Å²) >= 11 is 1.40. The van der Waals surface area contributed by atoms with Gasteiger partial charge in [-0.25, -0.2) is 14.5 Å². The number of thioether (sulfide) groups is 1. The smallest absolute Gasteiger partial charge is 0.326 e. The lowest BCUT2D eigenvalue weighted by Crippen LogP contribution is -2.52. The van der Waals surface area contributed by atoms with E-state index in [-0.39, 0.29) is 12.5 Å². The molecule has 1 aromatic rings. The largest absolute Gasteiger partial charge is 0.481 e. The summed E-state index contributed by atoms with van der Waals surface area (Å²) < 4.78 is 0. The molecule has 0 unspecified atom stereocenters. The van der Waals surface area contributed by atoms with Crippen LogP contribution in [0.15, 0.2) is 29.2 Å². The van der Waals surface area contributed by atoms with Crippen molar-refractivity contribution >= 4 is 29.8 Å². The second kappa shape index (κ2) is 7.69. The third-order valence-corrected chi connectivity index (χ3v) is 3.96. The normalized spacial score (nSPS) is 14.4. The van der Waals surface area contributed by atoms with Crippen LogP contribution in [0.5, 0.6) is 0 Å². The zero-order chi connectivity index (χ0) is 15.9. The molecule has 8 heteroatoms. The number of carbonyl (C=O) groups excluding carboxylic acids is 2. The molecular weight excluding hydrogens is 306 g/mol. The standard InChI is InChI=1S/C14H17N3O4S/c18-12(19)8-10-2-4-11(5-3-10)22-9-16-14(21)17-7-1-6-15-13(17)20/h2-5H,1,6-9H2,(H,15,20)(H,16,21)(H,18,19). The van der Waals surface area contributed by atoms with Crippen LogP contribution in [0.2, 0.25) is 0 Å². The first-order valence-electron chi connectivity index (χ1n) is 6.83. The lowest BCUT2D eigenvalue weighted by molar-refractivity contribution is -0.136. The van der Waals surface area contributed by atoms with Crippen molar-refractivity contribution in [2.75, 3.05) is 19.0 Å². The number of urea groups is 2. The maximum Gasteiger partial charge on any atom is 0.326 e. The Morgan fingerprint density at radius 3 is 2.68 bits per heavy atom. The summed E-state index contributed by atoms with van der Waals surface area (Å²) in [6.45, 7) is 1.02. The van der Waals surface area contributed by atoms with Gasteiger partial charge in [-0.05, 0) is 24.1 Å². The van der Waals surface area contributed by atoms with Crippen LogP contribution in [-0.2, 0) is 11.2 Å². The number of carboxylic acid groups (broad SMARTS) is 1. The molecule has 0 saturated carbocycles. The molecule has 118 valence electrons. The van der Waals surface area contributed by atoms with Gasteiger partial charge in [-0.1, -0.05) is 12.1 Å². The summed E-state index contributed by atoms with van der Waals surface area (Å²) in [4.78, 5) is 36.0. The number of imide groups is 1. The molecule has 7 nitrogen and oxygen atoms in total. The topological polar surface area (TPSA) is 98.7 Å². The van der Waals surface area contributed by atoms with Gasteiger partial charge in [0.25, 0.3) is 0 Å². The molecule has 0 aliphatic carbocycles. The van der Waals surface area contributed by atoms with Crippen LogP contribution < -0.4 is 10.6 Å². The van der Waals surface area contributed by atoms with Gasteiger partial charge in [0.05, 0.1) is 12.3 Å². The van der Waals surface area contributed by atoms with Crippen molar-refractivity contribution < 1.29 is 19.5 Å². The van der Waals surface area contributed by atoms with Crippen molar-refractivity contribution in [2.45, 2.75) is 17.7 Å². The predicted octanol–water partition coefficient (Wildman–Crippen LogP) is 1.49. The molecule has 1 aromatic carbocycles. The zero-order valence-electron chi connectivity index (χ0n) is 11.9. The average molecular weight is 323 g/mol. The molecule has 3 N–H and O–H groups in total. The Bertz CT molecular complexity index is 562. The molecule has 0 spiro atoms. The first-order chi connectivity index (χ1) is 10.6. The molecule has 0 bridgehead atoms. The van der Waals surface area contributed by atoms with Gasteiger partial charge in [-0.15, -0.1) is 11.8 Å². The van der Waals surface area contributed by atoms with E-state index in [9.17, 15) is 14.4 Å². The van der Waals surface area contributed by atoms with Crippen molar-refractivity contribution in [3.63, 3.8) is 0 Å². The summed E-state index contributed by atoms with van der Waals surface area (Å²) in [5, 5.41) is 14.0. The molecule has 0 atom stereocenters. The number of rotatable bonds is 5. The van der Waals surface area contributed by atoms with E-state index < -0.39 is 12.0 Å². The van der Waals surface area contributed by atoms with Crippen molar-refractivity contribution in [1.82, 2.24) is 15.5 Å². The van der Waals surface area contributed by atoms with Gasteiger partial charge in [-0.2, -0.15) is 0 Å².